The van der Waals surface area contributed by atoms with E-state index in [0.717, 1.165) is 36.6 Å². The monoisotopic (exact) mass is 384 g/mol. The molecular formula is C21H24N2O3S. The Morgan fingerprint density at radius 2 is 1.70 bits per heavy atom. The standard InChI is InChI=1S/C21H24N2O3S/c1-26-18-8-10-19(11-9-18)27-15-12-20(24)22-17-6-4-16(5-7-17)21(25)23-13-2-3-14-23/h4-11H,2-3,12-15H2,1H3,(H,22,24). The van der Waals surface area contributed by atoms with E-state index in [-0.39, 0.29) is 11.8 Å². The zero-order valence-corrected chi connectivity index (χ0v) is 16.3. The zero-order valence-electron chi connectivity index (χ0n) is 15.4. The predicted octanol–water partition coefficient (Wildman–Crippen LogP) is 4.05. The van der Waals surface area contributed by atoms with Crippen LogP contribution in [0.5, 0.6) is 5.75 Å². The number of hydrogen-bond acceptors (Lipinski definition) is 4. The minimum atomic E-state index is -0.0327. The predicted molar refractivity (Wildman–Crippen MR) is 109 cm³/mol. The van der Waals surface area contributed by atoms with Gasteiger partial charge in [-0.1, -0.05) is 0 Å². The molecule has 1 heterocycles. The maximum Gasteiger partial charge on any atom is 0.253 e. The Bertz CT molecular complexity index is 769. The summed E-state index contributed by atoms with van der Waals surface area (Å²) < 4.78 is 5.13. The molecule has 3 rings (SSSR count). The Morgan fingerprint density at radius 3 is 2.33 bits per heavy atom. The van der Waals surface area contributed by atoms with E-state index < -0.39 is 0 Å². The van der Waals surface area contributed by atoms with Gasteiger partial charge in [0.05, 0.1) is 7.11 Å². The van der Waals surface area contributed by atoms with Gasteiger partial charge in [-0.05, 0) is 61.4 Å². The molecule has 0 bridgehead atoms. The maximum atomic E-state index is 12.3. The highest BCUT2D eigenvalue weighted by Gasteiger charge is 2.19. The van der Waals surface area contributed by atoms with E-state index in [0.29, 0.717) is 23.4 Å². The molecule has 1 saturated heterocycles. The summed E-state index contributed by atoms with van der Waals surface area (Å²) in [5.41, 5.74) is 1.39. The number of likely N-dealkylation sites (tertiary alicyclic amines) is 1. The zero-order chi connectivity index (χ0) is 19.1. The number of anilines is 1. The Kier molecular flexibility index (Phi) is 6.76. The fourth-order valence-electron chi connectivity index (χ4n) is 2.96. The van der Waals surface area contributed by atoms with Gasteiger partial charge in [-0.25, -0.2) is 0 Å². The Hall–Kier alpha value is -2.47. The minimum absolute atomic E-state index is 0.0327. The molecule has 0 aliphatic carbocycles. The maximum absolute atomic E-state index is 12.3. The van der Waals surface area contributed by atoms with Crippen molar-refractivity contribution in [2.75, 3.05) is 31.3 Å². The van der Waals surface area contributed by atoms with Crippen molar-refractivity contribution < 1.29 is 14.3 Å². The molecule has 2 aromatic carbocycles. The number of amides is 2. The second kappa shape index (κ2) is 9.46. The molecule has 27 heavy (non-hydrogen) atoms. The molecule has 142 valence electrons. The number of nitrogens with zero attached hydrogens (tertiary/aromatic N) is 1. The van der Waals surface area contributed by atoms with Crippen molar-refractivity contribution in [3.8, 4) is 5.75 Å². The number of methoxy groups -OCH3 is 1. The topological polar surface area (TPSA) is 58.6 Å². The summed E-state index contributed by atoms with van der Waals surface area (Å²) in [6, 6.07) is 14.9. The van der Waals surface area contributed by atoms with Gasteiger partial charge in [0.25, 0.3) is 5.91 Å². The third kappa shape index (κ3) is 5.50. The molecule has 1 aliphatic heterocycles. The Morgan fingerprint density at radius 1 is 1.04 bits per heavy atom. The highest BCUT2D eigenvalue weighted by atomic mass is 32.2. The molecule has 0 aromatic heterocycles. The van der Waals surface area contributed by atoms with E-state index in [2.05, 4.69) is 5.32 Å². The Balaban J connectivity index is 1.43. The van der Waals surface area contributed by atoms with Crippen LogP contribution in [0.1, 0.15) is 29.6 Å². The lowest BCUT2D eigenvalue weighted by Gasteiger charge is -2.15. The van der Waals surface area contributed by atoms with Crippen LogP contribution in [0.2, 0.25) is 0 Å². The van der Waals surface area contributed by atoms with Crippen molar-refractivity contribution in [1.29, 1.82) is 0 Å². The van der Waals surface area contributed by atoms with Crippen LogP contribution in [0.3, 0.4) is 0 Å². The molecule has 5 nitrogen and oxygen atoms in total. The number of carbonyl (C=O) groups excluding carboxylic acids is 2. The first-order valence-corrected chi connectivity index (χ1v) is 10.1. The van der Waals surface area contributed by atoms with Gasteiger partial charge < -0.3 is 15.0 Å². The van der Waals surface area contributed by atoms with Gasteiger partial charge in [0.2, 0.25) is 5.91 Å². The molecule has 1 N–H and O–H groups in total. The summed E-state index contributed by atoms with van der Waals surface area (Å²) in [6.07, 6.45) is 2.58. The molecule has 0 atom stereocenters. The third-order valence-corrected chi connectivity index (χ3v) is 5.48. The van der Waals surface area contributed by atoms with Gasteiger partial charge in [-0.3, -0.25) is 9.59 Å². The molecule has 1 fully saturated rings. The second-order valence-electron chi connectivity index (χ2n) is 6.40. The van der Waals surface area contributed by atoms with Crippen molar-refractivity contribution in [2.24, 2.45) is 0 Å². The lowest BCUT2D eigenvalue weighted by atomic mass is 10.2. The first kappa shape index (κ1) is 19.3. The molecule has 0 unspecified atom stereocenters. The van der Waals surface area contributed by atoms with Crippen LogP contribution in [0, 0.1) is 0 Å². The fraction of sp³-hybridized carbons (Fsp3) is 0.333. The van der Waals surface area contributed by atoms with Crippen LogP contribution in [0.25, 0.3) is 0 Å². The van der Waals surface area contributed by atoms with Crippen molar-refractivity contribution in [3.63, 3.8) is 0 Å². The van der Waals surface area contributed by atoms with Gasteiger partial charge in [-0.15, -0.1) is 11.8 Å². The average Bonchev–Trinajstić information content (AvgIpc) is 3.23. The highest BCUT2D eigenvalue weighted by molar-refractivity contribution is 7.99. The summed E-state index contributed by atoms with van der Waals surface area (Å²) in [5.74, 6) is 1.56. The molecule has 0 spiro atoms. The molecule has 0 saturated carbocycles. The number of carbonyl (C=O) groups is 2. The number of ether oxygens (including phenoxy) is 1. The van der Waals surface area contributed by atoms with Crippen molar-refractivity contribution in [3.05, 3.63) is 54.1 Å². The molecule has 0 radical (unpaired) electrons. The summed E-state index contributed by atoms with van der Waals surface area (Å²) in [5, 5.41) is 2.88. The van der Waals surface area contributed by atoms with Gasteiger partial charge in [-0.2, -0.15) is 0 Å². The van der Waals surface area contributed by atoms with Crippen molar-refractivity contribution in [1.82, 2.24) is 4.90 Å². The van der Waals surface area contributed by atoms with Crippen LogP contribution in [0.4, 0.5) is 5.69 Å². The van der Waals surface area contributed by atoms with Gasteiger partial charge in [0.15, 0.2) is 0 Å². The first-order chi connectivity index (χ1) is 13.2. The lowest BCUT2D eigenvalue weighted by molar-refractivity contribution is -0.115. The van der Waals surface area contributed by atoms with E-state index in [1.807, 2.05) is 29.2 Å². The number of thioether (sulfide) groups is 1. The smallest absolute Gasteiger partial charge is 0.253 e. The van der Waals surface area contributed by atoms with Crippen LogP contribution >= 0.6 is 11.8 Å². The normalized spacial score (nSPS) is 13.4. The van der Waals surface area contributed by atoms with Crippen LogP contribution in [0.15, 0.2) is 53.4 Å². The summed E-state index contributed by atoms with van der Waals surface area (Å²) in [7, 11) is 1.64. The third-order valence-electron chi connectivity index (χ3n) is 4.47. The van der Waals surface area contributed by atoms with E-state index >= 15 is 0 Å². The minimum Gasteiger partial charge on any atom is -0.497 e. The van der Waals surface area contributed by atoms with Crippen LogP contribution < -0.4 is 10.1 Å². The molecule has 1 aliphatic rings. The summed E-state index contributed by atoms with van der Waals surface area (Å²) >= 11 is 1.63. The average molecular weight is 385 g/mol. The van der Waals surface area contributed by atoms with Crippen LogP contribution in [-0.2, 0) is 4.79 Å². The fourth-order valence-corrected chi connectivity index (χ4v) is 3.81. The molecule has 6 heteroatoms. The summed E-state index contributed by atoms with van der Waals surface area (Å²) in [6.45, 7) is 1.67. The van der Waals surface area contributed by atoms with E-state index in [1.165, 1.54) is 0 Å². The second-order valence-corrected chi connectivity index (χ2v) is 7.57. The van der Waals surface area contributed by atoms with Gasteiger partial charge >= 0.3 is 0 Å². The van der Waals surface area contributed by atoms with E-state index in [1.54, 1.807) is 43.1 Å². The molecular weight excluding hydrogens is 360 g/mol. The highest BCUT2D eigenvalue weighted by Crippen LogP contribution is 2.22. The molecule has 2 amide bonds. The number of nitrogens with one attached hydrogen (secondary N) is 1. The number of hydrogen-bond donors (Lipinski definition) is 1. The largest absolute Gasteiger partial charge is 0.497 e. The van der Waals surface area contributed by atoms with Crippen LogP contribution in [-0.4, -0.2) is 42.7 Å². The molecule has 2 aromatic rings. The summed E-state index contributed by atoms with van der Waals surface area (Å²) in [4.78, 5) is 27.4. The Labute approximate surface area is 164 Å². The van der Waals surface area contributed by atoms with E-state index in [9.17, 15) is 9.59 Å². The van der Waals surface area contributed by atoms with E-state index in [4.69, 9.17) is 4.74 Å². The van der Waals surface area contributed by atoms with Gasteiger partial charge in [0.1, 0.15) is 5.75 Å². The SMILES string of the molecule is COc1ccc(SCCC(=O)Nc2ccc(C(=O)N3CCCC3)cc2)cc1. The number of rotatable bonds is 7. The number of benzene rings is 2. The quantitative estimate of drug-likeness (QED) is 0.732. The van der Waals surface area contributed by atoms with Gasteiger partial charge in [0, 0.05) is 41.4 Å². The first-order valence-electron chi connectivity index (χ1n) is 9.12. The van der Waals surface area contributed by atoms with Crippen molar-refractivity contribution in [2.45, 2.75) is 24.2 Å². The van der Waals surface area contributed by atoms with Crippen molar-refractivity contribution >= 4 is 29.3 Å². The lowest BCUT2D eigenvalue weighted by Crippen LogP contribution is -2.27.